The van der Waals surface area contributed by atoms with Gasteiger partial charge in [-0.05, 0) is 45.3 Å². The van der Waals surface area contributed by atoms with Crippen LogP contribution in [0.1, 0.15) is 40.2 Å². The zero-order chi connectivity index (χ0) is 18.1. The molecule has 0 atom stereocenters. The molecule has 0 saturated carbocycles. The minimum Gasteiger partial charge on any atom is -0.400 e. The summed E-state index contributed by atoms with van der Waals surface area (Å²) < 4.78 is 12.2. The van der Waals surface area contributed by atoms with E-state index in [4.69, 9.17) is 32.5 Å². The van der Waals surface area contributed by atoms with Gasteiger partial charge in [0.2, 0.25) is 0 Å². The van der Waals surface area contributed by atoms with Crippen LogP contribution in [0.15, 0.2) is 17.6 Å². The molecule has 4 nitrogen and oxygen atoms in total. The van der Waals surface area contributed by atoms with Crippen LogP contribution in [0, 0.1) is 0 Å². The second-order valence-corrected chi connectivity index (χ2v) is 8.50. The van der Waals surface area contributed by atoms with Crippen molar-refractivity contribution < 1.29 is 14.1 Å². The molecule has 2 heterocycles. The van der Waals surface area contributed by atoms with Crippen molar-refractivity contribution >= 4 is 53.3 Å². The van der Waals surface area contributed by atoms with Gasteiger partial charge < -0.3 is 9.31 Å². The van der Waals surface area contributed by atoms with E-state index in [9.17, 15) is 4.79 Å². The first-order chi connectivity index (χ1) is 11.0. The molecule has 1 aliphatic heterocycles. The van der Waals surface area contributed by atoms with Crippen LogP contribution >= 0.6 is 35.0 Å². The maximum Gasteiger partial charge on any atom is 0.491 e. The zero-order valence-electron chi connectivity index (χ0n) is 14.4. The number of nitrogens with zero attached hydrogens (tertiary/aromatic N) is 1. The highest BCUT2D eigenvalue weighted by atomic mass is 35.5. The smallest absolute Gasteiger partial charge is 0.400 e. The molecule has 1 aromatic rings. The predicted molar refractivity (Wildman–Crippen MR) is 101 cm³/mol. The topological polar surface area (TPSA) is 48.4 Å². The van der Waals surface area contributed by atoms with Gasteiger partial charge in [0.1, 0.15) is 10.3 Å². The van der Waals surface area contributed by atoms with E-state index in [0.717, 1.165) is 5.47 Å². The van der Waals surface area contributed by atoms with Gasteiger partial charge in [-0.15, -0.1) is 0 Å². The largest absolute Gasteiger partial charge is 0.491 e. The molecule has 1 aromatic heterocycles. The van der Waals surface area contributed by atoms with Crippen molar-refractivity contribution in [2.24, 2.45) is 0 Å². The maximum atomic E-state index is 11.4. The van der Waals surface area contributed by atoms with Gasteiger partial charge in [0, 0.05) is 18.2 Å². The van der Waals surface area contributed by atoms with Crippen molar-refractivity contribution in [3.63, 3.8) is 0 Å². The Balaban J connectivity index is 2.35. The van der Waals surface area contributed by atoms with Gasteiger partial charge in [-0.1, -0.05) is 41.0 Å². The minimum absolute atomic E-state index is 0.0257. The Bertz CT molecular complexity index is 663. The second-order valence-electron chi connectivity index (χ2n) is 6.60. The predicted octanol–water partition coefficient (Wildman–Crippen LogP) is 4.68. The van der Waals surface area contributed by atoms with Gasteiger partial charge in [-0.2, -0.15) is 0 Å². The highest BCUT2D eigenvalue weighted by molar-refractivity contribution is 8.13. The third kappa shape index (κ3) is 4.55. The van der Waals surface area contributed by atoms with Gasteiger partial charge >= 0.3 is 7.12 Å². The standard InChI is InChI=1S/C16H20BCl2NO3S/c1-10(21)24-9-12(8-11-6-7-13(18)20-14(11)19)17-22-15(2,3)16(4,5)23-17/h6-8H,9H2,1-5H3. The van der Waals surface area contributed by atoms with Crippen molar-refractivity contribution in [2.75, 3.05) is 5.75 Å². The van der Waals surface area contributed by atoms with Crippen LogP contribution in [0.25, 0.3) is 6.08 Å². The first-order valence-corrected chi connectivity index (χ1v) is 9.27. The molecule has 0 bridgehead atoms. The molecule has 130 valence electrons. The quantitative estimate of drug-likeness (QED) is 0.554. The number of carbonyl (C=O) groups is 1. The molecule has 1 saturated heterocycles. The number of carbonyl (C=O) groups excluding carboxylic acids is 1. The highest BCUT2D eigenvalue weighted by Crippen LogP contribution is 2.39. The average Bonchev–Trinajstić information content (AvgIpc) is 2.65. The summed E-state index contributed by atoms with van der Waals surface area (Å²) in [6.07, 6.45) is 1.85. The van der Waals surface area contributed by atoms with E-state index < -0.39 is 18.3 Å². The summed E-state index contributed by atoms with van der Waals surface area (Å²) in [6, 6.07) is 3.45. The number of rotatable bonds is 4. The first kappa shape index (κ1) is 19.8. The molecular formula is C16H20BCl2NO3S. The lowest BCUT2D eigenvalue weighted by molar-refractivity contribution is -0.109. The van der Waals surface area contributed by atoms with Crippen LogP contribution in [-0.4, -0.2) is 34.2 Å². The van der Waals surface area contributed by atoms with Gasteiger partial charge in [0.25, 0.3) is 0 Å². The van der Waals surface area contributed by atoms with Crippen molar-refractivity contribution in [1.29, 1.82) is 0 Å². The Morgan fingerprint density at radius 2 is 1.83 bits per heavy atom. The summed E-state index contributed by atoms with van der Waals surface area (Å²) >= 11 is 13.2. The highest BCUT2D eigenvalue weighted by Gasteiger charge is 2.52. The van der Waals surface area contributed by atoms with E-state index in [1.165, 1.54) is 18.7 Å². The molecule has 0 aromatic carbocycles. The van der Waals surface area contributed by atoms with Gasteiger partial charge in [-0.25, -0.2) is 4.98 Å². The SMILES string of the molecule is CC(=O)SCC(=Cc1ccc(Cl)nc1Cl)B1OC(C)(C)C(C)(C)O1. The fourth-order valence-electron chi connectivity index (χ4n) is 2.09. The Morgan fingerprint density at radius 1 is 1.25 bits per heavy atom. The van der Waals surface area contributed by atoms with E-state index >= 15 is 0 Å². The summed E-state index contributed by atoms with van der Waals surface area (Å²) in [6.45, 7) is 9.47. The number of hydrogen-bond donors (Lipinski definition) is 0. The molecule has 0 radical (unpaired) electrons. The van der Waals surface area contributed by atoms with Crippen molar-refractivity contribution in [1.82, 2.24) is 4.98 Å². The van der Waals surface area contributed by atoms with E-state index in [1.807, 2.05) is 33.8 Å². The Hall–Kier alpha value is -0.525. The van der Waals surface area contributed by atoms with Crippen LogP contribution in [-0.2, 0) is 14.1 Å². The number of hydrogen-bond acceptors (Lipinski definition) is 5. The molecule has 24 heavy (non-hydrogen) atoms. The minimum atomic E-state index is -0.548. The molecule has 1 fully saturated rings. The normalized spacial score (nSPS) is 19.6. The summed E-state index contributed by atoms with van der Waals surface area (Å²) in [5.74, 6) is 0.450. The van der Waals surface area contributed by atoms with Crippen LogP contribution in [0.4, 0.5) is 0 Å². The maximum absolute atomic E-state index is 11.4. The second kappa shape index (κ2) is 7.38. The zero-order valence-corrected chi connectivity index (χ0v) is 16.7. The van der Waals surface area contributed by atoms with Gasteiger partial charge in [0.15, 0.2) is 5.12 Å². The van der Waals surface area contributed by atoms with Crippen molar-refractivity contribution in [2.45, 2.75) is 45.8 Å². The van der Waals surface area contributed by atoms with E-state index in [-0.39, 0.29) is 5.12 Å². The summed E-state index contributed by atoms with van der Waals surface area (Å²) in [5, 5.41) is 0.648. The molecule has 0 N–H and O–H groups in total. The number of pyridine rings is 1. The van der Waals surface area contributed by atoms with Crippen LogP contribution < -0.4 is 0 Å². The Labute approximate surface area is 157 Å². The average molecular weight is 388 g/mol. The molecule has 0 amide bonds. The molecule has 8 heteroatoms. The molecule has 0 spiro atoms. The van der Waals surface area contributed by atoms with Crippen molar-refractivity contribution in [3.05, 3.63) is 33.5 Å². The lowest BCUT2D eigenvalue weighted by Gasteiger charge is -2.32. The number of thioether (sulfide) groups is 1. The summed E-state index contributed by atoms with van der Waals surface area (Å²) in [7, 11) is -0.548. The number of halogens is 2. The fraction of sp³-hybridized carbons (Fsp3) is 0.500. The Morgan fingerprint density at radius 3 is 2.33 bits per heavy atom. The molecule has 2 rings (SSSR count). The first-order valence-electron chi connectivity index (χ1n) is 7.53. The summed E-state index contributed by atoms with van der Waals surface area (Å²) in [4.78, 5) is 15.4. The monoisotopic (exact) mass is 387 g/mol. The lowest BCUT2D eigenvalue weighted by atomic mass is 9.78. The van der Waals surface area contributed by atoms with E-state index in [0.29, 0.717) is 21.6 Å². The van der Waals surface area contributed by atoms with E-state index in [1.54, 1.807) is 12.1 Å². The fourth-order valence-corrected chi connectivity index (χ4v) is 3.08. The molecule has 0 unspecified atom stereocenters. The summed E-state index contributed by atoms with van der Waals surface area (Å²) in [5.41, 5.74) is 0.606. The van der Waals surface area contributed by atoms with Crippen LogP contribution in [0.3, 0.4) is 0 Å². The van der Waals surface area contributed by atoms with Crippen molar-refractivity contribution in [3.8, 4) is 0 Å². The third-order valence-corrected chi connectivity index (χ3v) is 5.58. The third-order valence-electron chi connectivity index (χ3n) is 4.18. The van der Waals surface area contributed by atoms with E-state index in [2.05, 4.69) is 4.98 Å². The van der Waals surface area contributed by atoms with Crippen LogP contribution in [0.2, 0.25) is 10.3 Å². The molecular weight excluding hydrogens is 368 g/mol. The van der Waals surface area contributed by atoms with Crippen LogP contribution in [0.5, 0.6) is 0 Å². The molecule has 1 aliphatic rings. The van der Waals surface area contributed by atoms with Gasteiger partial charge in [0.05, 0.1) is 11.2 Å². The van der Waals surface area contributed by atoms with Gasteiger partial charge in [-0.3, -0.25) is 4.79 Å². The Kier molecular flexibility index (Phi) is 6.09. The molecule has 0 aliphatic carbocycles. The number of aromatic nitrogens is 1. The lowest BCUT2D eigenvalue weighted by Crippen LogP contribution is -2.41.